The van der Waals surface area contributed by atoms with Crippen LogP contribution in [0.5, 0.6) is 0 Å². The van der Waals surface area contributed by atoms with Gasteiger partial charge in [0.05, 0.1) is 6.10 Å². The molecule has 0 aliphatic heterocycles. The van der Waals surface area contributed by atoms with E-state index in [9.17, 15) is 0 Å². The molecule has 0 radical (unpaired) electrons. The molecule has 1 atom stereocenters. The van der Waals surface area contributed by atoms with E-state index in [1.807, 2.05) is 6.08 Å². The molecule has 0 aliphatic carbocycles. The van der Waals surface area contributed by atoms with E-state index in [0.29, 0.717) is 6.42 Å². The Morgan fingerprint density at radius 2 is 1.92 bits per heavy atom. The highest BCUT2D eigenvalue weighted by atomic mass is 16.3. The summed E-state index contributed by atoms with van der Waals surface area (Å²) in [5, 5.41) is 9.07. The van der Waals surface area contributed by atoms with Crippen molar-refractivity contribution in [1.29, 1.82) is 0 Å². The van der Waals surface area contributed by atoms with Crippen LogP contribution in [-0.2, 0) is 0 Å². The van der Waals surface area contributed by atoms with Gasteiger partial charge in [-0.1, -0.05) is 37.3 Å². The highest BCUT2D eigenvalue weighted by Crippen LogP contribution is 1.95. The van der Waals surface area contributed by atoms with E-state index >= 15 is 0 Å². The molecule has 0 saturated carbocycles. The normalized spacial score (nSPS) is 14.2. The van der Waals surface area contributed by atoms with E-state index in [1.165, 1.54) is 0 Å². The van der Waals surface area contributed by atoms with E-state index in [0.717, 1.165) is 12.8 Å². The van der Waals surface area contributed by atoms with Gasteiger partial charge < -0.3 is 5.11 Å². The maximum atomic E-state index is 9.07. The first-order chi connectivity index (χ1) is 5.81. The van der Waals surface area contributed by atoms with Crippen molar-refractivity contribution < 1.29 is 5.11 Å². The lowest BCUT2D eigenvalue weighted by Gasteiger charge is -1.96. The van der Waals surface area contributed by atoms with Crippen molar-refractivity contribution in [2.45, 2.75) is 32.3 Å². The first-order valence-electron chi connectivity index (χ1n) is 4.41. The van der Waals surface area contributed by atoms with Crippen LogP contribution in [0.15, 0.2) is 37.0 Å². The van der Waals surface area contributed by atoms with Crippen molar-refractivity contribution in [2.75, 3.05) is 0 Å². The van der Waals surface area contributed by atoms with Gasteiger partial charge in [0.2, 0.25) is 0 Å². The van der Waals surface area contributed by atoms with E-state index in [4.69, 9.17) is 5.11 Å². The maximum absolute atomic E-state index is 9.07. The summed E-state index contributed by atoms with van der Waals surface area (Å²) in [4.78, 5) is 0. The highest BCUT2D eigenvalue weighted by Gasteiger charge is 1.90. The second-order valence-corrected chi connectivity index (χ2v) is 2.63. The van der Waals surface area contributed by atoms with Crippen LogP contribution in [0.4, 0.5) is 0 Å². The summed E-state index contributed by atoms with van der Waals surface area (Å²) in [5.74, 6) is 0. The van der Waals surface area contributed by atoms with Crippen molar-refractivity contribution in [2.24, 2.45) is 0 Å². The minimum absolute atomic E-state index is 0.392. The topological polar surface area (TPSA) is 20.2 Å². The second-order valence-electron chi connectivity index (χ2n) is 2.63. The van der Waals surface area contributed by atoms with Gasteiger partial charge in [-0.05, 0) is 19.3 Å². The van der Waals surface area contributed by atoms with Gasteiger partial charge in [-0.25, -0.2) is 0 Å². The number of aliphatic hydroxyl groups excluding tert-OH is 1. The molecule has 0 fully saturated rings. The zero-order valence-corrected chi connectivity index (χ0v) is 7.74. The van der Waals surface area contributed by atoms with Gasteiger partial charge in [-0.2, -0.15) is 0 Å². The second kappa shape index (κ2) is 8.28. The average Bonchev–Trinajstić information content (AvgIpc) is 2.10. The van der Waals surface area contributed by atoms with Crippen LogP contribution in [0.3, 0.4) is 0 Å². The third-order valence-electron chi connectivity index (χ3n) is 1.49. The van der Waals surface area contributed by atoms with E-state index in [1.54, 1.807) is 6.08 Å². The quantitative estimate of drug-likeness (QED) is 0.601. The van der Waals surface area contributed by atoms with E-state index in [2.05, 4.69) is 31.7 Å². The largest absolute Gasteiger partial charge is 0.389 e. The third-order valence-corrected chi connectivity index (χ3v) is 1.49. The third kappa shape index (κ3) is 7.29. The van der Waals surface area contributed by atoms with Gasteiger partial charge >= 0.3 is 0 Å². The standard InChI is InChI=1S/C11H18O/c1-3-5-6-7-8-9-10-11(12)4-2/h4-6,8-9,11-12H,2-3,7,10H2,1H3/b6-5-,9-8-/t11-/m1/s1. The molecule has 0 rings (SSSR count). The summed E-state index contributed by atoms with van der Waals surface area (Å²) < 4.78 is 0. The number of hydrogen-bond acceptors (Lipinski definition) is 1. The van der Waals surface area contributed by atoms with Crippen LogP contribution in [-0.4, -0.2) is 11.2 Å². The number of hydrogen-bond donors (Lipinski definition) is 1. The summed E-state index contributed by atoms with van der Waals surface area (Å²) in [6.07, 6.45) is 12.2. The molecule has 1 N–H and O–H groups in total. The Morgan fingerprint density at radius 3 is 2.50 bits per heavy atom. The minimum Gasteiger partial charge on any atom is -0.389 e. The average molecular weight is 166 g/mol. The Bertz CT molecular complexity index is 156. The molecule has 0 aliphatic rings. The zero-order chi connectivity index (χ0) is 9.23. The van der Waals surface area contributed by atoms with Crippen molar-refractivity contribution in [3.05, 3.63) is 37.0 Å². The molecule has 0 aromatic rings. The molecule has 0 spiro atoms. The molecule has 1 heteroatoms. The molecule has 0 unspecified atom stereocenters. The first-order valence-corrected chi connectivity index (χ1v) is 4.41. The molecule has 0 saturated heterocycles. The number of rotatable bonds is 6. The van der Waals surface area contributed by atoms with E-state index in [-0.39, 0.29) is 0 Å². The zero-order valence-electron chi connectivity index (χ0n) is 7.74. The number of allylic oxidation sites excluding steroid dienone is 3. The summed E-state index contributed by atoms with van der Waals surface area (Å²) in [7, 11) is 0. The van der Waals surface area contributed by atoms with Crippen molar-refractivity contribution in [3.8, 4) is 0 Å². The molecular formula is C11H18O. The molecule has 0 bridgehead atoms. The Kier molecular flexibility index (Phi) is 7.71. The maximum Gasteiger partial charge on any atom is 0.0752 e. The lowest BCUT2D eigenvalue weighted by atomic mass is 10.2. The smallest absolute Gasteiger partial charge is 0.0752 e. The summed E-state index contributed by atoms with van der Waals surface area (Å²) in [6.45, 7) is 5.60. The highest BCUT2D eigenvalue weighted by molar-refractivity contribution is 4.95. The minimum atomic E-state index is -0.392. The molecule has 0 aromatic carbocycles. The van der Waals surface area contributed by atoms with Crippen LogP contribution in [0, 0.1) is 0 Å². The van der Waals surface area contributed by atoms with Crippen molar-refractivity contribution in [1.82, 2.24) is 0 Å². The van der Waals surface area contributed by atoms with Crippen LogP contribution in [0.25, 0.3) is 0 Å². The van der Waals surface area contributed by atoms with Gasteiger partial charge in [0.25, 0.3) is 0 Å². The Balaban J connectivity index is 3.37. The van der Waals surface area contributed by atoms with Crippen LogP contribution in [0.2, 0.25) is 0 Å². The van der Waals surface area contributed by atoms with Gasteiger partial charge in [0.1, 0.15) is 0 Å². The Hall–Kier alpha value is -0.820. The molecule has 1 nitrogen and oxygen atoms in total. The molecule has 0 heterocycles. The summed E-state index contributed by atoms with van der Waals surface area (Å²) >= 11 is 0. The Labute approximate surface area is 75.1 Å². The SMILES string of the molecule is C=C[C@@H](O)C/C=C\C/C=C\CC. The molecule has 0 amide bonds. The predicted molar refractivity (Wildman–Crippen MR) is 54.0 cm³/mol. The lowest BCUT2D eigenvalue weighted by molar-refractivity contribution is 0.227. The van der Waals surface area contributed by atoms with Gasteiger partial charge in [0.15, 0.2) is 0 Å². The van der Waals surface area contributed by atoms with E-state index < -0.39 is 6.10 Å². The first kappa shape index (κ1) is 11.2. The summed E-state index contributed by atoms with van der Waals surface area (Å²) in [6, 6.07) is 0. The number of aliphatic hydroxyl groups is 1. The summed E-state index contributed by atoms with van der Waals surface area (Å²) in [5.41, 5.74) is 0. The van der Waals surface area contributed by atoms with Gasteiger partial charge in [-0.3, -0.25) is 0 Å². The van der Waals surface area contributed by atoms with Crippen LogP contribution < -0.4 is 0 Å². The molecule has 0 aromatic heterocycles. The molecule has 12 heavy (non-hydrogen) atoms. The molecule has 68 valence electrons. The fourth-order valence-electron chi connectivity index (χ4n) is 0.770. The monoisotopic (exact) mass is 166 g/mol. The Morgan fingerprint density at radius 1 is 1.25 bits per heavy atom. The van der Waals surface area contributed by atoms with Crippen molar-refractivity contribution >= 4 is 0 Å². The fraction of sp³-hybridized carbons (Fsp3) is 0.455. The predicted octanol–water partition coefficient (Wildman–Crippen LogP) is 2.84. The van der Waals surface area contributed by atoms with Crippen LogP contribution in [0.1, 0.15) is 26.2 Å². The van der Waals surface area contributed by atoms with Crippen LogP contribution >= 0.6 is 0 Å². The lowest BCUT2D eigenvalue weighted by Crippen LogP contribution is -1.97. The van der Waals surface area contributed by atoms with Gasteiger partial charge in [0, 0.05) is 0 Å². The van der Waals surface area contributed by atoms with Gasteiger partial charge in [-0.15, -0.1) is 6.58 Å². The molecular weight excluding hydrogens is 148 g/mol. The fourth-order valence-corrected chi connectivity index (χ4v) is 0.770. The van der Waals surface area contributed by atoms with Crippen molar-refractivity contribution in [3.63, 3.8) is 0 Å².